The van der Waals surface area contributed by atoms with Crippen molar-refractivity contribution in [1.29, 1.82) is 0 Å². The summed E-state index contributed by atoms with van der Waals surface area (Å²) in [7, 11) is 0. The molecule has 3 aliphatic rings. The molecule has 0 N–H and O–H groups in total. The van der Waals surface area contributed by atoms with Crippen LogP contribution in [0.25, 0.3) is 49.4 Å². The molecule has 10 rings (SSSR count). The van der Waals surface area contributed by atoms with Crippen molar-refractivity contribution in [2.45, 2.75) is 38.0 Å². The summed E-state index contributed by atoms with van der Waals surface area (Å²) in [4.78, 5) is 2.53. The highest BCUT2D eigenvalue weighted by Gasteiger charge is 2.45. The molecule has 2 unspecified atom stereocenters. The normalized spacial score (nSPS) is 18.3. The first kappa shape index (κ1) is 32.5. The van der Waals surface area contributed by atoms with E-state index in [1.165, 1.54) is 77.4 Å². The standard InChI is InChI=1S/C53H43N/c1-53(2)50-27-14-13-25-46(50)47-31-29-42(35-51(47)53)54(52-33-40-20-9-10-23-43(40)45-24-11-12-26-48(45)52)41-28-30-44(49(34-41)37-18-7-4-8-19-37)39-22-15-21-38(32-39)36-16-5-3-6-17-36/h4-5,7-35,47,51H,3,6H2,1-2H3. The third kappa shape index (κ3) is 5.38. The van der Waals surface area contributed by atoms with E-state index in [-0.39, 0.29) is 5.41 Å². The molecule has 7 aromatic carbocycles. The van der Waals surface area contributed by atoms with Crippen LogP contribution < -0.4 is 4.90 Å². The van der Waals surface area contributed by atoms with E-state index >= 15 is 0 Å². The zero-order valence-electron chi connectivity index (χ0n) is 30.9. The quantitative estimate of drug-likeness (QED) is 0.157. The van der Waals surface area contributed by atoms with Gasteiger partial charge in [0.1, 0.15) is 0 Å². The van der Waals surface area contributed by atoms with Crippen molar-refractivity contribution >= 4 is 38.5 Å². The van der Waals surface area contributed by atoms with Crippen molar-refractivity contribution in [3.05, 3.63) is 211 Å². The third-order valence-electron chi connectivity index (χ3n) is 12.2. The van der Waals surface area contributed by atoms with E-state index in [4.69, 9.17) is 0 Å². The van der Waals surface area contributed by atoms with Crippen LogP contribution in [0.4, 0.5) is 11.4 Å². The minimum atomic E-state index is 0.00142. The Hall–Kier alpha value is -6.18. The lowest BCUT2D eigenvalue weighted by atomic mass is 9.74. The van der Waals surface area contributed by atoms with Gasteiger partial charge in [0.2, 0.25) is 0 Å². The maximum Gasteiger partial charge on any atom is 0.0546 e. The minimum Gasteiger partial charge on any atom is -0.310 e. The fraction of sp³-hybridized carbons (Fsp3) is 0.132. The monoisotopic (exact) mass is 693 g/mol. The summed E-state index contributed by atoms with van der Waals surface area (Å²) >= 11 is 0. The minimum absolute atomic E-state index is 0.00142. The van der Waals surface area contributed by atoms with E-state index < -0.39 is 0 Å². The zero-order chi connectivity index (χ0) is 36.2. The highest BCUT2D eigenvalue weighted by Crippen LogP contribution is 2.54. The first-order valence-electron chi connectivity index (χ1n) is 19.4. The van der Waals surface area contributed by atoms with Crippen LogP contribution in [0.5, 0.6) is 0 Å². The number of nitrogens with zero attached hydrogens (tertiary/aromatic N) is 1. The third-order valence-corrected chi connectivity index (χ3v) is 12.2. The van der Waals surface area contributed by atoms with E-state index in [1.54, 1.807) is 0 Å². The lowest BCUT2D eigenvalue weighted by Gasteiger charge is -2.35. The summed E-state index contributed by atoms with van der Waals surface area (Å²) in [6.45, 7) is 4.85. The number of fused-ring (bicyclic) bond motifs is 6. The number of benzene rings is 7. The number of hydrogen-bond donors (Lipinski definition) is 0. The van der Waals surface area contributed by atoms with Crippen LogP contribution >= 0.6 is 0 Å². The van der Waals surface area contributed by atoms with Gasteiger partial charge in [-0.05, 0) is 115 Å². The van der Waals surface area contributed by atoms with Gasteiger partial charge in [-0.3, -0.25) is 0 Å². The van der Waals surface area contributed by atoms with Gasteiger partial charge in [0.25, 0.3) is 0 Å². The van der Waals surface area contributed by atoms with E-state index in [0.29, 0.717) is 11.8 Å². The maximum absolute atomic E-state index is 2.57. The molecule has 0 heterocycles. The van der Waals surface area contributed by atoms with Gasteiger partial charge in [-0.2, -0.15) is 0 Å². The Morgan fingerprint density at radius 1 is 0.574 bits per heavy atom. The molecule has 0 radical (unpaired) electrons. The predicted molar refractivity (Wildman–Crippen MR) is 230 cm³/mol. The second kappa shape index (κ2) is 13.0. The second-order valence-electron chi connectivity index (χ2n) is 15.6. The molecule has 0 aromatic heterocycles. The lowest BCUT2D eigenvalue weighted by molar-refractivity contribution is 0.392. The fourth-order valence-corrected chi connectivity index (χ4v) is 9.44. The first-order chi connectivity index (χ1) is 26.5. The van der Waals surface area contributed by atoms with Gasteiger partial charge in [0.05, 0.1) is 5.69 Å². The van der Waals surface area contributed by atoms with Gasteiger partial charge >= 0.3 is 0 Å². The van der Waals surface area contributed by atoms with Gasteiger partial charge in [-0.25, -0.2) is 0 Å². The Balaban J connectivity index is 1.20. The molecular formula is C53H43N. The molecule has 54 heavy (non-hydrogen) atoms. The summed E-state index contributed by atoms with van der Waals surface area (Å²) in [6.07, 6.45) is 16.6. The zero-order valence-corrected chi connectivity index (χ0v) is 30.9. The molecule has 0 spiro atoms. The summed E-state index contributed by atoms with van der Waals surface area (Å²) < 4.78 is 0. The Morgan fingerprint density at radius 3 is 2.17 bits per heavy atom. The fourth-order valence-electron chi connectivity index (χ4n) is 9.44. The van der Waals surface area contributed by atoms with Crippen LogP contribution in [0.1, 0.15) is 49.3 Å². The molecule has 0 fully saturated rings. The smallest absolute Gasteiger partial charge is 0.0546 e. The van der Waals surface area contributed by atoms with Crippen LogP contribution in [0.2, 0.25) is 0 Å². The maximum atomic E-state index is 2.57. The average Bonchev–Trinajstić information content (AvgIpc) is 3.47. The highest BCUT2D eigenvalue weighted by molar-refractivity contribution is 6.14. The highest BCUT2D eigenvalue weighted by atomic mass is 15.1. The number of rotatable bonds is 6. The average molecular weight is 694 g/mol. The van der Waals surface area contributed by atoms with Crippen molar-refractivity contribution in [2.24, 2.45) is 5.92 Å². The molecule has 2 atom stereocenters. The molecule has 0 aliphatic heterocycles. The number of hydrogen-bond acceptors (Lipinski definition) is 1. The van der Waals surface area contributed by atoms with Gasteiger partial charge in [0, 0.05) is 22.7 Å². The van der Waals surface area contributed by atoms with Crippen LogP contribution in [-0.4, -0.2) is 0 Å². The van der Waals surface area contributed by atoms with Crippen LogP contribution in [0.3, 0.4) is 0 Å². The lowest BCUT2D eigenvalue weighted by Crippen LogP contribution is -2.28. The van der Waals surface area contributed by atoms with Crippen molar-refractivity contribution in [3.8, 4) is 22.3 Å². The van der Waals surface area contributed by atoms with Crippen molar-refractivity contribution in [3.63, 3.8) is 0 Å². The van der Waals surface area contributed by atoms with E-state index in [2.05, 4.69) is 207 Å². The molecule has 0 amide bonds. The molecule has 7 aromatic rings. The van der Waals surface area contributed by atoms with Crippen LogP contribution in [0, 0.1) is 5.92 Å². The summed E-state index contributed by atoms with van der Waals surface area (Å²) in [6, 6.07) is 56.3. The summed E-state index contributed by atoms with van der Waals surface area (Å²) in [5.41, 5.74) is 13.9. The summed E-state index contributed by atoms with van der Waals surface area (Å²) in [5.74, 6) is 0.696. The Morgan fingerprint density at radius 2 is 1.31 bits per heavy atom. The van der Waals surface area contributed by atoms with Gasteiger partial charge in [-0.1, -0.05) is 172 Å². The van der Waals surface area contributed by atoms with Crippen LogP contribution in [-0.2, 0) is 5.41 Å². The van der Waals surface area contributed by atoms with Crippen LogP contribution in [0.15, 0.2) is 194 Å². The number of allylic oxidation sites excluding steroid dienone is 7. The first-order valence-corrected chi connectivity index (χ1v) is 19.4. The Bertz CT molecular complexity index is 2700. The van der Waals surface area contributed by atoms with E-state index in [1.807, 2.05) is 0 Å². The van der Waals surface area contributed by atoms with Crippen molar-refractivity contribution in [2.75, 3.05) is 4.90 Å². The Kier molecular flexibility index (Phi) is 7.84. The topological polar surface area (TPSA) is 3.24 Å². The molecule has 0 bridgehead atoms. The van der Waals surface area contributed by atoms with Gasteiger partial charge in [-0.15, -0.1) is 0 Å². The predicted octanol–water partition coefficient (Wildman–Crippen LogP) is 14.3. The molecule has 0 saturated heterocycles. The van der Waals surface area contributed by atoms with E-state index in [0.717, 1.165) is 18.5 Å². The number of anilines is 2. The SMILES string of the molecule is CC1(C)c2ccccc2C2C=CC(N(c3ccc(-c4cccc(C5=CCCC=C5)c4)c(-c4ccccc4)c3)c3cc4ccccc4c4ccccc34)=CC21. The van der Waals surface area contributed by atoms with Crippen molar-refractivity contribution < 1.29 is 0 Å². The summed E-state index contributed by atoms with van der Waals surface area (Å²) in [5, 5.41) is 5.03. The molecule has 3 aliphatic carbocycles. The van der Waals surface area contributed by atoms with E-state index in [9.17, 15) is 0 Å². The Labute approximate surface area is 318 Å². The largest absolute Gasteiger partial charge is 0.310 e. The molecular weight excluding hydrogens is 651 g/mol. The van der Waals surface area contributed by atoms with Gasteiger partial charge in [0.15, 0.2) is 0 Å². The second-order valence-corrected chi connectivity index (χ2v) is 15.6. The molecule has 260 valence electrons. The molecule has 0 saturated carbocycles. The molecule has 1 heteroatoms. The van der Waals surface area contributed by atoms with Gasteiger partial charge < -0.3 is 4.90 Å². The molecule has 1 nitrogen and oxygen atoms in total. The van der Waals surface area contributed by atoms with Crippen molar-refractivity contribution in [1.82, 2.24) is 0 Å².